The van der Waals surface area contributed by atoms with Crippen LogP contribution in [0.2, 0.25) is 0 Å². The first-order chi connectivity index (χ1) is 9.76. The highest BCUT2D eigenvalue weighted by molar-refractivity contribution is 7.17. The monoisotopic (exact) mass is 286 g/mol. The second-order valence-electron chi connectivity index (χ2n) is 4.74. The van der Waals surface area contributed by atoms with Gasteiger partial charge in [-0.2, -0.15) is 0 Å². The number of pyridine rings is 1. The molecule has 0 bridgehead atoms. The lowest BCUT2D eigenvalue weighted by Gasteiger charge is -2.05. The summed E-state index contributed by atoms with van der Waals surface area (Å²) in [7, 11) is 0. The van der Waals surface area contributed by atoms with Crippen LogP contribution in [0.5, 0.6) is 0 Å². The van der Waals surface area contributed by atoms with Crippen LogP contribution >= 0.6 is 11.3 Å². The largest absolute Gasteiger partial charge is 0.330 e. The van der Waals surface area contributed by atoms with Gasteiger partial charge in [0.15, 0.2) is 4.96 Å². The van der Waals surface area contributed by atoms with Crippen LogP contribution < -0.4 is 5.73 Å². The Kier molecular flexibility index (Phi) is 3.54. The van der Waals surface area contributed by atoms with E-state index in [-0.39, 0.29) is 0 Å². The molecule has 20 heavy (non-hydrogen) atoms. The summed E-state index contributed by atoms with van der Waals surface area (Å²) in [5.41, 5.74) is 10.2. The summed E-state index contributed by atoms with van der Waals surface area (Å²) in [4.78, 5) is 11.6. The predicted molar refractivity (Wildman–Crippen MR) is 83.2 cm³/mol. The van der Waals surface area contributed by atoms with E-state index < -0.39 is 0 Å². The summed E-state index contributed by atoms with van der Waals surface area (Å²) in [6.07, 6.45) is 3.62. The molecule has 0 aliphatic heterocycles. The van der Waals surface area contributed by atoms with E-state index in [1.54, 1.807) is 17.5 Å². The van der Waals surface area contributed by atoms with Crippen molar-refractivity contribution in [2.75, 3.05) is 6.54 Å². The van der Waals surface area contributed by atoms with Crippen LogP contribution in [0.25, 0.3) is 16.3 Å². The third-order valence-electron chi connectivity index (χ3n) is 3.49. The topological polar surface area (TPSA) is 56.2 Å². The molecule has 104 valence electrons. The van der Waals surface area contributed by atoms with E-state index in [0.29, 0.717) is 6.54 Å². The lowest BCUT2D eigenvalue weighted by molar-refractivity contribution is 0.872. The van der Waals surface area contributed by atoms with E-state index in [0.717, 1.165) is 29.2 Å². The first-order valence-corrected chi connectivity index (χ1v) is 7.69. The summed E-state index contributed by atoms with van der Waals surface area (Å²) in [6.45, 7) is 4.96. The Morgan fingerprint density at radius 2 is 2.15 bits per heavy atom. The van der Waals surface area contributed by atoms with Crippen LogP contribution in [-0.4, -0.2) is 20.9 Å². The maximum Gasteiger partial charge on any atom is 0.194 e. The zero-order valence-corrected chi connectivity index (χ0v) is 12.6. The normalized spacial score (nSPS) is 11.3. The van der Waals surface area contributed by atoms with Gasteiger partial charge in [-0.3, -0.25) is 9.38 Å². The number of fused-ring (bicyclic) bond motifs is 1. The third-order valence-corrected chi connectivity index (χ3v) is 4.48. The van der Waals surface area contributed by atoms with Crippen molar-refractivity contribution in [3.05, 3.63) is 40.7 Å². The number of hydrogen-bond donors (Lipinski definition) is 1. The zero-order chi connectivity index (χ0) is 14.1. The number of aryl methyl sites for hydroxylation is 2. The molecule has 0 spiro atoms. The molecular weight excluding hydrogens is 268 g/mol. The van der Waals surface area contributed by atoms with E-state index in [1.165, 1.54) is 16.3 Å². The highest BCUT2D eigenvalue weighted by atomic mass is 32.1. The minimum atomic E-state index is 0.617. The lowest BCUT2D eigenvalue weighted by Crippen LogP contribution is -2.07. The lowest BCUT2D eigenvalue weighted by atomic mass is 10.1. The summed E-state index contributed by atoms with van der Waals surface area (Å²) in [5, 5.41) is 0. The van der Waals surface area contributed by atoms with E-state index in [1.807, 2.05) is 18.2 Å². The Morgan fingerprint density at radius 3 is 2.80 bits per heavy atom. The quantitative estimate of drug-likeness (QED) is 0.802. The molecule has 0 fully saturated rings. The summed E-state index contributed by atoms with van der Waals surface area (Å²) < 4.78 is 2.27. The van der Waals surface area contributed by atoms with Crippen molar-refractivity contribution in [1.82, 2.24) is 14.4 Å². The van der Waals surface area contributed by atoms with Crippen molar-refractivity contribution in [1.29, 1.82) is 0 Å². The molecule has 0 aliphatic carbocycles. The Labute approximate surface area is 122 Å². The van der Waals surface area contributed by atoms with Gasteiger partial charge in [0.2, 0.25) is 0 Å². The first kappa shape index (κ1) is 13.3. The smallest absolute Gasteiger partial charge is 0.194 e. The molecule has 0 aliphatic rings. The van der Waals surface area contributed by atoms with Crippen LogP contribution in [0.1, 0.15) is 23.2 Å². The molecule has 3 heterocycles. The minimum Gasteiger partial charge on any atom is -0.330 e. The Balaban J connectivity index is 2.28. The van der Waals surface area contributed by atoms with Crippen LogP contribution in [0.4, 0.5) is 0 Å². The molecule has 5 heteroatoms. The number of imidazole rings is 1. The van der Waals surface area contributed by atoms with Gasteiger partial charge in [-0.25, -0.2) is 4.98 Å². The van der Waals surface area contributed by atoms with Gasteiger partial charge in [-0.05, 0) is 32.0 Å². The fourth-order valence-electron chi connectivity index (χ4n) is 2.61. The number of nitrogens with two attached hydrogens (primary N) is 1. The number of thiazole rings is 1. The van der Waals surface area contributed by atoms with Crippen LogP contribution in [-0.2, 0) is 12.8 Å². The minimum absolute atomic E-state index is 0.617. The standard InChI is InChI=1S/C15H18N4S/c1-3-12-10(2)20-15-18-14(11-6-4-5-9-17-11)13(7-8-16)19(12)15/h4-6,9H,3,7-8,16H2,1-2H3. The number of hydrogen-bond acceptors (Lipinski definition) is 4. The van der Waals surface area contributed by atoms with Gasteiger partial charge >= 0.3 is 0 Å². The van der Waals surface area contributed by atoms with E-state index in [2.05, 4.69) is 23.2 Å². The molecule has 0 saturated carbocycles. The molecule has 0 amide bonds. The Hall–Kier alpha value is -1.72. The van der Waals surface area contributed by atoms with Gasteiger partial charge in [0.05, 0.1) is 11.4 Å². The first-order valence-electron chi connectivity index (χ1n) is 6.87. The molecule has 0 unspecified atom stereocenters. The molecule has 2 N–H and O–H groups in total. The van der Waals surface area contributed by atoms with Crippen LogP contribution in [0.15, 0.2) is 24.4 Å². The van der Waals surface area contributed by atoms with Gasteiger partial charge in [-0.1, -0.05) is 13.0 Å². The second-order valence-corrected chi connectivity index (χ2v) is 5.92. The van der Waals surface area contributed by atoms with Crippen LogP contribution in [0, 0.1) is 6.92 Å². The number of rotatable bonds is 4. The van der Waals surface area contributed by atoms with Crippen molar-refractivity contribution < 1.29 is 0 Å². The third kappa shape index (κ3) is 2.03. The van der Waals surface area contributed by atoms with Gasteiger partial charge in [0.1, 0.15) is 5.69 Å². The molecule has 0 saturated heterocycles. The molecule has 3 aromatic rings. The molecule has 3 aromatic heterocycles. The van der Waals surface area contributed by atoms with E-state index in [4.69, 9.17) is 10.7 Å². The summed E-state index contributed by atoms with van der Waals surface area (Å²) >= 11 is 1.74. The maximum absolute atomic E-state index is 5.80. The van der Waals surface area contributed by atoms with Gasteiger partial charge in [-0.15, -0.1) is 11.3 Å². The molecular formula is C15H18N4S. The fourth-order valence-corrected chi connectivity index (χ4v) is 3.69. The second kappa shape index (κ2) is 5.34. The molecule has 4 nitrogen and oxygen atoms in total. The van der Waals surface area contributed by atoms with Gasteiger partial charge < -0.3 is 5.73 Å². The van der Waals surface area contributed by atoms with E-state index in [9.17, 15) is 0 Å². The number of nitrogens with zero attached hydrogens (tertiary/aromatic N) is 3. The average Bonchev–Trinajstić information content (AvgIpc) is 2.96. The maximum atomic E-state index is 5.80. The molecule has 3 rings (SSSR count). The average molecular weight is 286 g/mol. The summed E-state index contributed by atoms with van der Waals surface area (Å²) in [6, 6.07) is 5.92. The Bertz CT molecular complexity index is 727. The highest BCUT2D eigenvalue weighted by Crippen LogP contribution is 2.30. The van der Waals surface area contributed by atoms with Crippen molar-refractivity contribution in [2.45, 2.75) is 26.7 Å². The molecule has 0 radical (unpaired) electrons. The van der Waals surface area contributed by atoms with Gasteiger partial charge in [0.25, 0.3) is 0 Å². The van der Waals surface area contributed by atoms with Crippen molar-refractivity contribution in [3.63, 3.8) is 0 Å². The predicted octanol–water partition coefficient (Wildman–Crippen LogP) is 2.83. The van der Waals surface area contributed by atoms with Crippen molar-refractivity contribution in [3.8, 4) is 11.4 Å². The van der Waals surface area contributed by atoms with Crippen LogP contribution in [0.3, 0.4) is 0 Å². The Morgan fingerprint density at radius 1 is 1.30 bits per heavy atom. The zero-order valence-electron chi connectivity index (χ0n) is 11.8. The highest BCUT2D eigenvalue weighted by Gasteiger charge is 2.19. The molecule has 0 atom stereocenters. The van der Waals surface area contributed by atoms with Gasteiger partial charge in [0, 0.05) is 23.2 Å². The fraction of sp³-hybridized carbons (Fsp3) is 0.333. The number of aromatic nitrogens is 3. The van der Waals surface area contributed by atoms with E-state index >= 15 is 0 Å². The van der Waals surface area contributed by atoms with Crippen molar-refractivity contribution >= 4 is 16.3 Å². The summed E-state index contributed by atoms with van der Waals surface area (Å²) in [5.74, 6) is 0. The molecule has 0 aromatic carbocycles. The van der Waals surface area contributed by atoms with Crippen molar-refractivity contribution in [2.24, 2.45) is 5.73 Å². The SMILES string of the molecule is CCc1c(C)sc2nc(-c3ccccn3)c(CCN)n12.